The van der Waals surface area contributed by atoms with Gasteiger partial charge in [0.2, 0.25) is 11.8 Å². The highest BCUT2D eigenvalue weighted by molar-refractivity contribution is 5.90. The van der Waals surface area contributed by atoms with Gasteiger partial charge in [0.15, 0.2) is 0 Å². The third kappa shape index (κ3) is 4.39. The predicted octanol–water partition coefficient (Wildman–Crippen LogP) is -0.151. The van der Waals surface area contributed by atoms with Gasteiger partial charge in [0.05, 0.1) is 0 Å². The fourth-order valence-electron chi connectivity index (χ4n) is 1.53. The van der Waals surface area contributed by atoms with Crippen LogP contribution in [0.3, 0.4) is 0 Å². The van der Waals surface area contributed by atoms with Gasteiger partial charge in [-0.25, -0.2) is 0 Å². The predicted molar refractivity (Wildman–Crippen MR) is 65.5 cm³/mol. The lowest BCUT2D eigenvalue weighted by Gasteiger charge is -2.19. The molecule has 0 atom stereocenters. The molecule has 96 valence electrons. The van der Waals surface area contributed by atoms with Gasteiger partial charge in [-0.15, -0.1) is 5.10 Å². The topological polar surface area (TPSA) is 99.9 Å². The van der Waals surface area contributed by atoms with Crippen molar-refractivity contribution in [3.8, 4) is 0 Å². The molecule has 0 radical (unpaired) electrons. The molecule has 0 aliphatic carbocycles. The van der Waals surface area contributed by atoms with Gasteiger partial charge in [0, 0.05) is 13.1 Å². The SMILES string of the molecule is CCCN(CC)CCNC(=O)c1nc(N)n[nH]1. The van der Waals surface area contributed by atoms with Crippen molar-refractivity contribution in [3.63, 3.8) is 0 Å². The molecular weight excluding hydrogens is 220 g/mol. The van der Waals surface area contributed by atoms with E-state index in [2.05, 4.69) is 39.2 Å². The van der Waals surface area contributed by atoms with Crippen molar-refractivity contribution in [2.45, 2.75) is 20.3 Å². The van der Waals surface area contributed by atoms with Crippen molar-refractivity contribution in [2.24, 2.45) is 0 Å². The molecule has 0 aliphatic heterocycles. The number of carbonyl (C=O) groups excluding carboxylic acids is 1. The maximum atomic E-state index is 11.6. The second-order valence-electron chi connectivity index (χ2n) is 3.73. The molecule has 0 aliphatic rings. The first-order chi connectivity index (χ1) is 8.17. The molecule has 0 unspecified atom stereocenters. The van der Waals surface area contributed by atoms with Crippen LogP contribution < -0.4 is 11.1 Å². The van der Waals surface area contributed by atoms with Crippen molar-refractivity contribution in [2.75, 3.05) is 31.9 Å². The van der Waals surface area contributed by atoms with Gasteiger partial charge < -0.3 is 16.0 Å². The van der Waals surface area contributed by atoms with Crippen LogP contribution in [0.25, 0.3) is 0 Å². The number of aromatic amines is 1. The molecule has 1 amide bonds. The normalized spacial score (nSPS) is 10.8. The Labute approximate surface area is 101 Å². The highest BCUT2D eigenvalue weighted by Crippen LogP contribution is 1.93. The van der Waals surface area contributed by atoms with Gasteiger partial charge in [-0.05, 0) is 19.5 Å². The molecule has 17 heavy (non-hydrogen) atoms. The highest BCUT2D eigenvalue weighted by atomic mass is 16.2. The summed E-state index contributed by atoms with van der Waals surface area (Å²) in [6.07, 6.45) is 1.11. The molecule has 0 fully saturated rings. The number of amides is 1. The summed E-state index contributed by atoms with van der Waals surface area (Å²) in [6, 6.07) is 0. The summed E-state index contributed by atoms with van der Waals surface area (Å²) in [5.74, 6) is -0.0425. The minimum absolute atomic E-state index is 0.0799. The molecule has 4 N–H and O–H groups in total. The first kappa shape index (κ1) is 13.4. The molecule has 7 nitrogen and oxygen atoms in total. The molecule has 1 aromatic heterocycles. The van der Waals surface area contributed by atoms with Crippen molar-refractivity contribution in [1.29, 1.82) is 0 Å². The Balaban J connectivity index is 2.28. The second-order valence-corrected chi connectivity index (χ2v) is 3.73. The van der Waals surface area contributed by atoms with E-state index in [0.717, 1.165) is 26.1 Å². The minimum Gasteiger partial charge on any atom is -0.366 e. The summed E-state index contributed by atoms with van der Waals surface area (Å²) < 4.78 is 0. The monoisotopic (exact) mass is 240 g/mol. The van der Waals surface area contributed by atoms with Crippen LogP contribution in [0.5, 0.6) is 0 Å². The lowest BCUT2D eigenvalue weighted by molar-refractivity contribution is 0.0938. The number of nitrogens with two attached hydrogens (primary N) is 1. The van der Waals surface area contributed by atoms with E-state index in [1.807, 2.05) is 0 Å². The van der Waals surface area contributed by atoms with E-state index in [9.17, 15) is 4.79 Å². The summed E-state index contributed by atoms with van der Waals surface area (Å²) in [6.45, 7) is 7.70. The van der Waals surface area contributed by atoms with Gasteiger partial charge in [-0.1, -0.05) is 13.8 Å². The van der Waals surface area contributed by atoms with Crippen molar-refractivity contribution in [1.82, 2.24) is 25.4 Å². The first-order valence-electron chi connectivity index (χ1n) is 5.85. The molecule has 0 bridgehead atoms. The minimum atomic E-state index is -0.276. The van der Waals surface area contributed by atoms with Crippen LogP contribution in [0, 0.1) is 0 Å². The van der Waals surface area contributed by atoms with Gasteiger partial charge in [0.25, 0.3) is 5.91 Å². The molecule has 1 aromatic rings. The number of nitrogens with zero attached hydrogens (tertiary/aromatic N) is 3. The van der Waals surface area contributed by atoms with E-state index in [-0.39, 0.29) is 17.7 Å². The van der Waals surface area contributed by atoms with E-state index in [1.54, 1.807) is 0 Å². The lowest BCUT2D eigenvalue weighted by atomic mass is 10.4. The fraction of sp³-hybridized carbons (Fsp3) is 0.700. The van der Waals surface area contributed by atoms with Crippen LogP contribution in [-0.2, 0) is 0 Å². The van der Waals surface area contributed by atoms with E-state index in [1.165, 1.54) is 0 Å². The number of hydrogen-bond donors (Lipinski definition) is 3. The quantitative estimate of drug-likeness (QED) is 0.615. The van der Waals surface area contributed by atoms with Gasteiger partial charge >= 0.3 is 0 Å². The smallest absolute Gasteiger partial charge is 0.288 e. The van der Waals surface area contributed by atoms with Crippen molar-refractivity contribution < 1.29 is 4.79 Å². The molecule has 7 heteroatoms. The van der Waals surface area contributed by atoms with Gasteiger partial charge in [0.1, 0.15) is 0 Å². The maximum Gasteiger partial charge on any atom is 0.288 e. The second kappa shape index (κ2) is 6.85. The van der Waals surface area contributed by atoms with Crippen molar-refractivity contribution >= 4 is 11.9 Å². The van der Waals surface area contributed by atoms with Gasteiger partial charge in [-0.3, -0.25) is 9.89 Å². The average molecular weight is 240 g/mol. The summed E-state index contributed by atoms with van der Waals surface area (Å²) in [5.41, 5.74) is 5.31. The molecule has 0 aromatic carbocycles. The van der Waals surface area contributed by atoms with Crippen molar-refractivity contribution in [3.05, 3.63) is 5.82 Å². The number of hydrogen-bond acceptors (Lipinski definition) is 5. The van der Waals surface area contributed by atoms with Crippen LogP contribution in [0.15, 0.2) is 0 Å². The Bertz CT molecular complexity index is 350. The number of rotatable bonds is 7. The Morgan fingerprint density at radius 1 is 1.47 bits per heavy atom. The maximum absolute atomic E-state index is 11.6. The largest absolute Gasteiger partial charge is 0.366 e. The summed E-state index contributed by atoms with van der Waals surface area (Å²) >= 11 is 0. The highest BCUT2D eigenvalue weighted by Gasteiger charge is 2.10. The fourth-order valence-corrected chi connectivity index (χ4v) is 1.53. The molecular formula is C10H20N6O. The van der Waals surface area contributed by atoms with Crippen LogP contribution in [0.4, 0.5) is 5.95 Å². The third-order valence-electron chi connectivity index (χ3n) is 2.42. The average Bonchev–Trinajstić information content (AvgIpc) is 2.74. The number of H-pyrrole nitrogens is 1. The van der Waals surface area contributed by atoms with E-state index < -0.39 is 0 Å². The van der Waals surface area contributed by atoms with Crippen LogP contribution >= 0.6 is 0 Å². The number of nitrogen functional groups attached to an aromatic ring is 1. The van der Waals surface area contributed by atoms with Gasteiger partial charge in [-0.2, -0.15) is 4.98 Å². The zero-order valence-electron chi connectivity index (χ0n) is 10.4. The van der Waals surface area contributed by atoms with E-state index in [4.69, 9.17) is 5.73 Å². The number of nitrogens with one attached hydrogen (secondary N) is 2. The molecule has 1 heterocycles. The number of anilines is 1. The zero-order valence-corrected chi connectivity index (χ0v) is 10.4. The Morgan fingerprint density at radius 3 is 2.76 bits per heavy atom. The first-order valence-corrected chi connectivity index (χ1v) is 5.85. The molecule has 0 saturated carbocycles. The number of likely N-dealkylation sites (N-methyl/N-ethyl adjacent to an activating group) is 1. The lowest BCUT2D eigenvalue weighted by Crippen LogP contribution is -2.35. The van der Waals surface area contributed by atoms with Crippen LogP contribution in [0.1, 0.15) is 30.9 Å². The Hall–Kier alpha value is -1.63. The molecule has 0 saturated heterocycles. The third-order valence-corrected chi connectivity index (χ3v) is 2.42. The standard InChI is InChI=1S/C10H20N6O/c1-3-6-16(4-2)7-5-12-9(17)8-13-10(11)15-14-8/h3-7H2,1-2H3,(H,12,17)(H3,11,13,14,15). The number of aromatic nitrogens is 3. The summed E-state index contributed by atoms with van der Waals surface area (Å²) in [5, 5.41) is 8.83. The van der Waals surface area contributed by atoms with Crippen LogP contribution in [-0.4, -0.2) is 52.2 Å². The molecule has 1 rings (SSSR count). The summed E-state index contributed by atoms with van der Waals surface area (Å²) in [4.78, 5) is 17.6. The summed E-state index contributed by atoms with van der Waals surface area (Å²) in [7, 11) is 0. The Kier molecular flexibility index (Phi) is 5.41. The Morgan fingerprint density at radius 2 is 2.24 bits per heavy atom. The van der Waals surface area contributed by atoms with Crippen LogP contribution in [0.2, 0.25) is 0 Å². The van der Waals surface area contributed by atoms with E-state index in [0.29, 0.717) is 6.54 Å². The number of carbonyl (C=O) groups is 1. The zero-order chi connectivity index (χ0) is 12.7. The molecule has 0 spiro atoms. The van der Waals surface area contributed by atoms with E-state index >= 15 is 0 Å².